The van der Waals surface area contributed by atoms with Gasteiger partial charge in [0, 0.05) is 49.4 Å². The molecule has 2 aliphatic heterocycles. The molecule has 0 bridgehead atoms. The van der Waals surface area contributed by atoms with Crippen LogP contribution >= 0.6 is 11.3 Å². The minimum atomic E-state index is -0.254. The second-order valence-electron chi connectivity index (χ2n) is 9.11. The number of rotatable bonds is 4. The lowest BCUT2D eigenvalue weighted by atomic mass is 9.92. The minimum absolute atomic E-state index is 0.0295. The van der Waals surface area contributed by atoms with Crippen LogP contribution in [0.25, 0.3) is 0 Å². The van der Waals surface area contributed by atoms with E-state index in [1.807, 2.05) is 9.80 Å². The molecule has 8 nitrogen and oxygen atoms in total. The Morgan fingerprint density at radius 2 is 1.79 bits per heavy atom. The summed E-state index contributed by atoms with van der Waals surface area (Å²) >= 11 is 1.53. The van der Waals surface area contributed by atoms with Gasteiger partial charge in [-0.1, -0.05) is 0 Å². The van der Waals surface area contributed by atoms with Crippen LogP contribution in [0.2, 0.25) is 0 Å². The van der Waals surface area contributed by atoms with Gasteiger partial charge in [-0.15, -0.1) is 11.3 Å². The fourth-order valence-corrected chi connectivity index (χ4v) is 6.36. The maximum atomic E-state index is 13.7. The highest BCUT2D eigenvalue weighted by atomic mass is 32.1. The van der Waals surface area contributed by atoms with Gasteiger partial charge in [-0.25, -0.2) is 0 Å². The number of hydrogen-bond acceptors (Lipinski definition) is 6. The molecule has 9 heteroatoms. The largest absolute Gasteiger partial charge is 0.378 e. The summed E-state index contributed by atoms with van der Waals surface area (Å²) in [6.45, 7) is 3.61. The molecule has 2 saturated heterocycles. The first-order valence-electron chi connectivity index (χ1n) is 12.1. The summed E-state index contributed by atoms with van der Waals surface area (Å²) in [5, 5.41) is 3.63. The lowest BCUT2D eigenvalue weighted by molar-refractivity contribution is -0.141. The predicted octanol–water partition coefficient (Wildman–Crippen LogP) is 2.99. The fraction of sp³-hybridized carbons (Fsp3) is 0.520. The standard InChI is InChI=1S/C25H30N4O4S/c30-22(18-4-3-9-26-16-18)27-23-21(19-5-1-2-6-20(19)34-23)25(32)28-10-7-17(8-11-28)24(31)29-12-14-33-15-13-29/h3-4,9,16-17H,1-2,5-8,10-15H2,(H,27,30). The monoisotopic (exact) mass is 482 g/mol. The summed E-state index contributed by atoms with van der Waals surface area (Å²) < 4.78 is 5.36. The Morgan fingerprint density at radius 1 is 1.03 bits per heavy atom. The average Bonchev–Trinajstić information content (AvgIpc) is 3.26. The highest BCUT2D eigenvalue weighted by Gasteiger charge is 2.34. The summed E-state index contributed by atoms with van der Waals surface area (Å²) in [4.78, 5) is 48.4. The Morgan fingerprint density at radius 3 is 2.53 bits per heavy atom. The number of carbonyl (C=O) groups excluding carboxylic acids is 3. The van der Waals surface area contributed by atoms with E-state index in [0.717, 1.165) is 31.2 Å². The molecule has 4 heterocycles. The number of nitrogens with zero attached hydrogens (tertiary/aromatic N) is 3. The van der Waals surface area contributed by atoms with Crippen molar-refractivity contribution < 1.29 is 19.1 Å². The molecule has 2 aromatic rings. The van der Waals surface area contributed by atoms with Crippen molar-refractivity contribution in [3.63, 3.8) is 0 Å². The quantitative estimate of drug-likeness (QED) is 0.723. The van der Waals surface area contributed by atoms with Gasteiger partial charge in [-0.3, -0.25) is 19.4 Å². The zero-order chi connectivity index (χ0) is 23.5. The molecular formula is C25H30N4O4S. The van der Waals surface area contributed by atoms with E-state index < -0.39 is 0 Å². The molecule has 0 unspecified atom stereocenters. The lowest BCUT2D eigenvalue weighted by Crippen LogP contribution is -2.47. The summed E-state index contributed by atoms with van der Waals surface area (Å²) in [5.41, 5.74) is 2.21. The van der Waals surface area contributed by atoms with Gasteiger partial charge in [0.15, 0.2) is 0 Å². The van der Waals surface area contributed by atoms with Crippen LogP contribution in [0.15, 0.2) is 24.5 Å². The first-order chi connectivity index (χ1) is 16.6. The molecule has 0 radical (unpaired) electrons. The molecule has 0 aromatic carbocycles. The molecule has 3 aliphatic rings. The van der Waals surface area contributed by atoms with E-state index in [2.05, 4.69) is 10.3 Å². The van der Waals surface area contributed by atoms with Gasteiger partial charge in [0.1, 0.15) is 5.00 Å². The van der Waals surface area contributed by atoms with E-state index >= 15 is 0 Å². The molecule has 0 atom stereocenters. The van der Waals surface area contributed by atoms with Crippen LogP contribution in [-0.4, -0.2) is 71.9 Å². The molecule has 5 rings (SSSR count). The molecule has 180 valence electrons. The van der Waals surface area contributed by atoms with E-state index in [0.29, 0.717) is 68.4 Å². The molecular weight excluding hydrogens is 452 g/mol. The fourth-order valence-electron chi connectivity index (χ4n) is 5.08. The molecule has 1 N–H and O–H groups in total. The van der Waals surface area contributed by atoms with Crippen LogP contribution in [0.1, 0.15) is 56.8 Å². The Bertz CT molecular complexity index is 1060. The first kappa shape index (κ1) is 23.0. The average molecular weight is 483 g/mol. The van der Waals surface area contributed by atoms with Crippen molar-refractivity contribution in [3.8, 4) is 0 Å². The number of nitrogens with one attached hydrogen (secondary N) is 1. The third-order valence-electron chi connectivity index (χ3n) is 6.99. The number of fused-ring (bicyclic) bond motifs is 1. The molecule has 0 saturated carbocycles. The van der Waals surface area contributed by atoms with E-state index in [-0.39, 0.29) is 23.6 Å². The maximum absolute atomic E-state index is 13.7. The number of likely N-dealkylation sites (tertiary alicyclic amines) is 1. The summed E-state index contributed by atoms with van der Waals surface area (Å²) in [6.07, 6.45) is 8.46. The zero-order valence-electron chi connectivity index (χ0n) is 19.3. The molecule has 0 spiro atoms. The Kier molecular flexibility index (Phi) is 6.92. The number of pyridine rings is 1. The van der Waals surface area contributed by atoms with Crippen LogP contribution in [0.4, 0.5) is 5.00 Å². The van der Waals surface area contributed by atoms with Gasteiger partial charge in [0.05, 0.1) is 24.3 Å². The predicted molar refractivity (Wildman–Crippen MR) is 129 cm³/mol. The van der Waals surface area contributed by atoms with Crippen molar-refractivity contribution in [1.29, 1.82) is 0 Å². The van der Waals surface area contributed by atoms with Crippen molar-refractivity contribution in [1.82, 2.24) is 14.8 Å². The number of carbonyl (C=O) groups is 3. The number of ether oxygens (including phenoxy) is 1. The zero-order valence-corrected chi connectivity index (χ0v) is 20.1. The number of aryl methyl sites for hydroxylation is 1. The third kappa shape index (κ3) is 4.72. The third-order valence-corrected chi connectivity index (χ3v) is 8.20. The number of amides is 3. The van der Waals surface area contributed by atoms with E-state index in [4.69, 9.17) is 4.74 Å². The number of anilines is 1. The topological polar surface area (TPSA) is 91.8 Å². The second-order valence-corrected chi connectivity index (χ2v) is 10.2. The number of piperidine rings is 1. The van der Waals surface area contributed by atoms with Gasteiger partial charge in [0.25, 0.3) is 11.8 Å². The second kappa shape index (κ2) is 10.2. The van der Waals surface area contributed by atoms with Gasteiger partial charge in [-0.05, 0) is 56.2 Å². The summed E-state index contributed by atoms with van der Waals surface area (Å²) in [5.74, 6) is -0.134. The van der Waals surface area contributed by atoms with Crippen molar-refractivity contribution in [3.05, 3.63) is 46.1 Å². The van der Waals surface area contributed by atoms with Crippen molar-refractivity contribution in [2.45, 2.75) is 38.5 Å². The Balaban J connectivity index is 1.31. The van der Waals surface area contributed by atoms with Crippen molar-refractivity contribution in [2.24, 2.45) is 5.92 Å². The number of thiophene rings is 1. The van der Waals surface area contributed by atoms with E-state index in [9.17, 15) is 14.4 Å². The number of hydrogen-bond donors (Lipinski definition) is 1. The lowest BCUT2D eigenvalue weighted by Gasteiger charge is -2.35. The molecule has 34 heavy (non-hydrogen) atoms. The van der Waals surface area contributed by atoms with Gasteiger partial charge < -0.3 is 19.9 Å². The van der Waals surface area contributed by atoms with Crippen LogP contribution < -0.4 is 5.32 Å². The van der Waals surface area contributed by atoms with Crippen molar-refractivity contribution >= 4 is 34.1 Å². The van der Waals surface area contributed by atoms with E-state index in [1.54, 1.807) is 18.3 Å². The highest BCUT2D eigenvalue weighted by Crippen LogP contribution is 2.39. The molecule has 2 fully saturated rings. The number of aromatic nitrogens is 1. The Labute approximate surface area is 203 Å². The molecule has 1 aliphatic carbocycles. The van der Waals surface area contributed by atoms with Crippen molar-refractivity contribution in [2.75, 3.05) is 44.7 Å². The maximum Gasteiger partial charge on any atom is 0.257 e. The van der Waals surface area contributed by atoms with Crippen LogP contribution in [-0.2, 0) is 22.4 Å². The smallest absolute Gasteiger partial charge is 0.257 e. The Hall–Kier alpha value is -2.78. The highest BCUT2D eigenvalue weighted by molar-refractivity contribution is 7.17. The molecule has 2 aromatic heterocycles. The van der Waals surface area contributed by atoms with Crippen LogP contribution in [0.3, 0.4) is 0 Å². The number of morpholine rings is 1. The van der Waals surface area contributed by atoms with Gasteiger partial charge in [0.2, 0.25) is 5.91 Å². The first-order valence-corrected chi connectivity index (χ1v) is 12.9. The van der Waals surface area contributed by atoms with Gasteiger partial charge in [-0.2, -0.15) is 0 Å². The normalized spacial score (nSPS) is 18.9. The van der Waals surface area contributed by atoms with Crippen LogP contribution in [0, 0.1) is 5.92 Å². The summed E-state index contributed by atoms with van der Waals surface area (Å²) in [6, 6.07) is 3.44. The minimum Gasteiger partial charge on any atom is -0.378 e. The SMILES string of the molecule is O=C(Nc1sc2c(c1C(=O)N1CCC(C(=O)N3CCOCC3)CC1)CCCC2)c1cccnc1. The van der Waals surface area contributed by atoms with Crippen LogP contribution in [0.5, 0.6) is 0 Å². The molecule has 3 amide bonds. The van der Waals surface area contributed by atoms with E-state index in [1.165, 1.54) is 22.4 Å². The summed E-state index contributed by atoms with van der Waals surface area (Å²) in [7, 11) is 0. The van der Waals surface area contributed by atoms with Gasteiger partial charge >= 0.3 is 0 Å².